The van der Waals surface area contributed by atoms with Crippen molar-refractivity contribution in [2.24, 2.45) is 0 Å². The van der Waals surface area contributed by atoms with Crippen LogP contribution in [0.2, 0.25) is 0 Å². The number of sulfonamides is 1. The Labute approximate surface area is 270 Å². The second-order valence-electron chi connectivity index (χ2n) is 11.0. The summed E-state index contributed by atoms with van der Waals surface area (Å²) in [5, 5.41) is 3.01. The molecule has 4 aromatic carbocycles. The smallest absolute Gasteiger partial charge is 0.264 e. The number of nitrogens with one attached hydrogen (secondary N) is 1. The highest BCUT2D eigenvalue weighted by Crippen LogP contribution is 2.36. The highest BCUT2D eigenvalue weighted by atomic mass is 32.2. The van der Waals surface area contributed by atoms with Crippen LogP contribution in [0.1, 0.15) is 30.9 Å². The molecule has 1 aliphatic rings. The predicted molar refractivity (Wildman–Crippen MR) is 177 cm³/mol. The normalized spacial score (nSPS) is 13.0. The van der Waals surface area contributed by atoms with Crippen LogP contribution in [-0.4, -0.2) is 57.5 Å². The summed E-state index contributed by atoms with van der Waals surface area (Å²) in [6.45, 7) is 2.78. The van der Waals surface area contributed by atoms with Gasteiger partial charge >= 0.3 is 0 Å². The lowest BCUT2D eigenvalue weighted by molar-refractivity contribution is -0.140. The zero-order chi connectivity index (χ0) is 32.4. The Kier molecular flexibility index (Phi) is 10.9. The Hall–Kier alpha value is -4.83. The van der Waals surface area contributed by atoms with E-state index < -0.39 is 28.5 Å². The first-order chi connectivity index (χ1) is 22.4. The number of ether oxygens (including phenoxy) is 2. The molecule has 0 radical (unpaired) electrons. The van der Waals surface area contributed by atoms with Gasteiger partial charge in [0.1, 0.15) is 25.8 Å². The van der Waals surface area contributed by atoms with Crippen LogP contribution in [0.15, 0.2) is 114 Å². The third kappa shape index (κ3) is 8.06. The first kappa shape index (κ1) is 32.6. The van der Waals surface area contributed by atoms with Crippen molar-refractivity contribution in [3.05, 3.63) is 120 Å². The number of fused-ring (bicyclic) bond motifs is 1. The van der Waals surface area contributed by atoms with E-state index in [4.69, 9.17) is 9.47 Å². The summed E-state index contributed by atoms with van der Waals surface area (Å²) in [5.41, 5.74) is 1.93. The lowest BCUT2D eigenvalue weighted by atomic mass is 10.0. The number of benzene rings is 4. The van der Waals surface area contributed by atoms with Gasteiger partial charge < -0.3 is 19.7 Å². The lowest BCUT2D eigenvalue weighted by Gasteiger charge is -2.34. The van der Waals surface area contributed by atoms with Gasteiger partial charge in [-0.05, 0) is 41.8 Å². The van der Waals surface area contributed by atoms with Gasteiger partial charge in [-0.1, -0.05) is 92.2 Å². The first-order valence-electron chi connectivity index (χ1n) is 15.5. The molecule has 0 spiro atoms. The number of carbonyl (C=O) groups is 2. The molecule has 1 unspecified atom stereocenters. The van der Waals surface area contributed by atoms with E-state index in [9.17, 15) is 18.0 Å². The van der Waals surface area contributed by atoms with Crippen molar-refractivity contribution in [3.63, 3.8) is 0 Å². The maximum Gasteiger partial charge on any atom is 0.264 e. The summed E-state index contributed by atoms with van der Waals surface area (Å²) >= 11 is 0. The molecule has 10 heteroatoms. The van der Waals surface area contributed by atoms with Crippen LogP contribution in [0.4, 0.5) is 5.69 Å². The minimum atomic E-state index is -4.22. The molecule has 1 atom stereocenters. The maximum absolute atomic E-state index is 14.5. The fourth-order valence-electron chi connectivity index (χ4n) is 5.28. The number of hydrogen-bond donors (Lipinski definition) is 1. The SMILES string of the molecule is CCCCNC(=O)C(Cc1ccccc1)N(Cc1ccccc1)C(=O)CN(c1ccc2c(c1)OCCO2)S(=O)(=O)c1ccccc1. The quantitative estimate of drug-likeness (QED) is 0.190. The number of unbranched alkanes of at least 4 members (excludes halogenated alkanes) is 1. The van der Waals surface area contributed by atoms with Crippen molar-refractivity contribution in [1.82, 2.24) is 10.2 Å². The second kappa shape index (κ2) is 15.4. The standard InChI is InChI=1S/C36H39N3O6S/c1-2-3-21-37-36(41)32(24-28-13-7-4-8-14-28)38(26-29-15-9-5-10-16-29)35(40)27-39(46(42,43)31-17-11-6-12-18-31)30-19-20-33-34(25-30)45-23-22-44-33/h4-20,25,32H,2-3,21-24,26-27H2,1H3,(H,37,41). The topological polar surface area (TPSA) is 105 Å². The van der Waals surface area contributed by atoms with Crippen molar-refractivity contribution >= 4 is 27.5 Å². The number of carbonyl (C=O) groups excluding carboxylic acids is 2. The molecule has 1 N–H and O–H groups in total. The fraction of sp³-hybridized carbons (Fsp3) is 0.278. The zero-order valence-corrected chi connectivity index (χ0v) is 26.7. The minimum Gasteiger partial charge on any atom is -0.486 e. The minimum absolute atomic E-state index is 0.0328. The highest BCUT2D eigenvalue weighted by Gasteiger charge is 2.35. The van der Waals surface area contributed by atoms with Crippen molar-refractivity contribution in [1.29, 1.82) is 0 Å². The molecule has 0 fully saturated rings. The van der Waals surface area contributed by atoms with Crippen LogP contribution >= 0.6 is 0 Å². The molecule has 1 aliphatic heterocycles. The van der Waals surface area contributed by atoms with Gasteiger partial charge in [-0.15, -0.1) is 0 Å². The van der Waals surface area contributed by atoms with Crippen LogP contribution in [0.3, 0.4) is 0 Å². The highest BCUT2D eigenvalue weighted by molar-refractivity contribution is 7.92. The van der Waals surface area contributed by atoms with Gasteiger partial charge in [-0.2, -0.15) is 0 Å². The van der Waals surface area contributed by atoms with Gasteiger partial charge in [0.15, 0.2) is 11.5 Å². The third-order valence-electron chi connectivity index (χ3n) is 7.72. The first-order valence-corrected chi connectivity index (χ1v) is 16.9. The molecule has 2 amide bonds. The molecule has 46 heavy (non-hydrogen) atoms. The fourth-order valence-corrected chi connectivity index (χ4v) is 6.70. The summed E-state index contributed by atoms with van der Waals surface area (Å²) in [7, 11) is -4.22. The summed E-state index contributed by atoms with van der Waals surface area (Å²) in [4.78, 5) is 29.9. The van der Waals surface area contributed by atoms with Gasteiger partial charge in [-0.3, -0.25) is 13.9 Å². The molecule has 0 aliphatic carbocycles. The van der Waals surface area contributed by atoms with Crippen molar-refractivity contribution in [3.8, 4) is 11.5 Å². The molecule has 240 valence electrons. The van der Waals surface area contributed by atoms with Crippen LogP contribution in [0.25, 0.3) is 0 Å². The Bertz CT molecular complexity index is 1700. The average Bonchev–Trinajstić information content (AvgIpc) is 3.09. The number of rotatable bonds is 14. The summed E-state index contributed by atoms with van der Waals surface area (Å²) < 4.78 is 40.9. The van der Waals surface area contributed by atoms with E-state index in [1.54, 1.807) is 36.4 Å². The van der Waals surface area contributed by atoms with Gasteiger partial charge in [0.25, 0.3) is 10.0 Å². The van der Waals surface area contributed by atoms with Crippen molar-refractivity contribution < 1.29 is 27.5 Å². The maximum atomic E-state index is 14.5. The number of amides is 2. The summed E-state index contributed by atoms with van der Waals surface area (Å²) in [5.74, 6) is 0.0711. The molecule has 9 nitrogen and oxygen atoms in total. The summed E-state index contributed by atoms with van der Waals surface area (Å²) in [6.07, 6.45) is 1.95. The van der Waals surface area contributed by atoms with E-state index in [0.717, 1.165) is 28.3 Å². The number of nitrogens with zero attached hydrogens (tertiary/aromatic N) is 2. The molecule has 0 bridgehead atoms. The molecule has 1 heterocycles. The van der Waals surface area contributed by atoms with E-state index in [0.29, 0.717) is 31.3 Å². The zero-order valence-electron chi connectivity index (χ0n) is 25.9. The van der Waals surface area contributed by atoms with Gasteiger partial charge in [0.2, 0.25) is 11.8 Å². The average molecular weight is 642 g/mol. The molecular formula is C36H39N3O6S. The largest absolute Gasteiger partial charge is 0.486 e. The van der Waals surface area contributed by atoms with E-state index in [-0.39, 0.29) is 29.5 Å². The Morgan fingerprint density at radius 3 is 2.07 bits per heavy atom. The summed E-state index contributed by atoms with van der Waals surface area (Å²) in [6, 6.07) is 30.8. The Morgan fingerprint density at radius 1 is 0.804 bits per heavy atom. The van der Waals surface area contributed by atoms with Gasteiger partial charge in [0, 0.05) is 25.6 Å². The van der Waals surface area contributed by atoms with E-state index >= 15 is 0 Å². The van der Waals surface area contributed by atoms with Crippen molar-refractivity contribution in [2.75, 3.05) is 30.6 Å². The molecular weight excluding hydrogens is 602 g/mol. The predicted octanol–water partition coefficient (Wildman–Crippen LogP) is 5.21. The van der Waals surface area contributed by atoms with Crippen LogP contribution in [0.5, 0.6) is 11.5 Å². The van der Waals surface area contributed by atoms with E-state index in [2.05, 4.69) is 5.32 Å². The number of anilines is 1. The molecule has 0 saturated heterocycles. The van der Waals surface area contributed by atoms with Crippen LogP contribution < -0.4 is 19.1 Å². The third-order valence-corrected chi connectivity index (χ3v) is 9.51. The molecule has 4 aromatic rings. The van der Waals surface area contributed by atoms with E-state index in [1.165, 1.54) is 17.0 Å². The van der Waals surface area contributed by atoms with E-state index in [1.807, 2.05) is 67.6 Å². The Morgan fingerprint density at radius 2 is 1.41 bits per heavy atom. The van der Waals surface area contributed by atoms with Gasteiger partial charge in [-0.25, -0.2) is 8.42 Å². The Balaban J connectivity index is 1.56. The molecule has 0 aromatic heterocycles. The monoisotopic (exact) mass is 641 g/mol. The molecule has 0 saturated carbocycles. The van der Waals surface area contributed by atoms with Crippen molar-refractivity contribution in [2.45, 2.75) is 43.7 Å². The van der Waals surface area contributed by atoms with Gasteiger partial charge in [0.05, 0.1) is 10.6 Å². The van der Waals surface area contributed by atoms with Crippen LogP contribution in [-0.2, 0) is 32.6 Å². The lowest BCUT2D eigenvalue weighted by Crippen LogP contribution is -2.53. The molecule has 5 rings (SSSR count). The second-order valence-corrected chi connectivity index (χ2v) is 12.9. The number of hydrogen-bond acceptors (Lipinski definition) is 6. The van der Waals surface area contributed by atoms with Crippen LogP contribution in [0, 0.1) is 0 Å².